The topological polar surface area (TPSA) is 43.8 Å². The quantitative estimate of drug-likeness (QED) is 0.733. The van der Waals surface area contributed by atoms with E-state index in [0.29, 0.717) is 12.0 Å². The van der Waals surface area contributed by atoms with Crippen LogP contribution in [0, 0.1) is 0 Å². The molecular weight excluding hydrogens is 150 g/mol. The third kappa shape index (κ3) is 1.44. The van der Waals surface area contributed by atoms with Crippen LogP contribution in [-0.4, -0.2) is 9.78 Å². The van der Waals surface area contributed by atoms with Crippen LogP contribution < -0.4 is 5.73 Å². The minimum Gasteiger partial charge on any atom is -0.396 e. The Morgan fingerprint density at radius 3 is 2.25 bits per heavy atom. The van der Waals surface area contributed by atoms with E-state index in [1.54, 1.807) is 6.20 Å². The Hall–Kier alpha value is -0.990. The van der Waals surface area contributed by atoms with E-state index in [-0.39, 0.29) is 0 Å². The Bertz CT molecular complexity index is 261. The van der Waals surface area contributed by atoms with Crippen molar-refractivity contribution in [1.29, 1.82) is 0 Å². The number of nitrogens with two attached hydrogens (primary N) is 1. The lowest BCUT2D eigenvalue weighted by Crippen LogP contribution is -2.09. The van der Waals surface area contributed by atoms with Crippen LogP contribution in [-0.2, 0) is 0 Å². The van der Waals surface area contributed by atoms with E-state index >= 15 is 0 Å². The van der Waals surface area contributed by atoms with Crippen LogP contribution in [0.3, 0.4) is 0 Å². The lowest BCUT2D eigenvalue weighted by atomic mass is 10.1. The number of nitrogen functional groups attached to an aromatic ring is 1. The number of hydrogen-bond donors (Lipinski definition) is 1. The van der Waals surface area contributed by atoms with E-state index in [2.05, 4.69) is 32.8 Å². The maximum atomic E-state index is 5.80. The molecule has 0 atom stereocenters. The van der Waals surface area contributed by atoms with Crippen LogP contribution in [0.25, 0.3) is 0 Å². The lowest BCUT2D eigenvalue weighted by molar-refractivity contribution is 0.498. The van der Waals surface area contributed by atoms with Gasteiger partial charge in [0, 0.05) is 6.04 Å². The first-order valence-electron chi connectivity index (χ1n) is 4.37. The minimum atomic E-state index is 0.389. The van der Waals surface area contributed by atoms with Crippen LogP contribution in [0.4, 0.5) is 5.69 Å². The zero-order valence-corrected chi connectivity index (χ0v) is 8.20. The summed E-state index contributed by atoms with van der Waals surface area (Å²) in [6.07, 6.45) is 1.73. The number of nitrogens with zero attached hydrogens (tertiary/aromatic N) is 2. The molecule has 0 aliphatic rings. The lowest BCUT2D eigenvalue weighted by Gasteiger charge is -2.13. The molecule has 0 bridgehead atoms. The first kappa shape index (κ1) is 9.10. The van der Waals surface area contributed by atoms with Gasteiger partial charge in [-0.1, -0.05) is 13.8 Å². The van der Waals surface area contributed by atoms with Gasteiger partial charge in [-0.3, -0.25) is 4.68 Å². The van der Waals surface area contributed by atoms with Gasteiger partial charge in [0.15, 0.2) is 0 Å². The minimum absolute atomic E-state index is 0.389. The molecule has 0 amide bonds. The molecule has 1 aromatic rings. The van der Waals surface area contributed by atoms with Gasteiger partial charge in [-0.25, -0.2) is 0 Å². The van der Waals surface area contributed by atoms with Gasteiger partial charge in [0.2, 0.25) is 0 Å². The SMILES string of the molecule is CC(C)c1c(N)cnn1C(C)C. The Morgan fingerprint density at radius 1 is 1.33 bits per heavy atom. The van der Waals surface area contributed by atoms with Gasteiger partial charge in [-0.2, -0.15) is 5.10 Å². The molecule has 12 heavy (non-hydrogen) atoms. The second-order valence-electron chi connectivity index (χ2n) is 3.68. The monoisotopic (exact) mass is 167 g/mol. The molecule has 1 rings (SSSR count). The molecule has 1 aromatic heterocycles. The van der Waals surface area contributed by atoms with Gasteiger partial charge in [-0.05, 0) is 19.8 Å². The van der Waals surface area contributed by atoms with Crippen LogP contribution in [0.2, 0.25) is 0 Å². The van der Waals surface area contributed by atoms with Crippen molar-refractivity contribution in [3.05, 3.63) is 11.9 Å². The molecule has 0 aliphatic heterocycles. The van der Waals surface area contributed by atoms with Crippen molar-refractivity contribution in [1.82, 2.24) is 9.78 Å². The summed E-state index contributed by atoms with van der Waals surface area (Å²) >= 11 is 0. The molecule has 3 heteroatoms. The van der Waals surface area contributed by atoms with Crippen molar-refractivity contribution < 1.29 is 0 Å². The zero-order valence-electron chi connectivity index (χ0n) is 8.20. The highest BCUT2D eigenvalue weighted by Crippen LogP contribution is 2.23. The molecule has 0 unspecified atom stereocenters. The molecule has 0 saturated carbocycles. The number of aromatic nitrogens is 2. The summed E-state index contributed by atoms with van der Waals surface area (Å²) in [7, 11) is 0. The summed E-state index contributed by atoms with van der Waals surface area (Å²) in [6.45, 7) is 8.48. The second kappa shape index (κ2) is 3.17. The normalized spacial score (nSPS) is 11.5. The first-order chi connectivity index (χ1) is 5.54. The van der Waals surface area contributed by atoms with Crippen molar-refractivity contribution in [2.45, 2.75) is 39.7 Å². The largest absolute Gasteiger partial charge is 0.396 e. The van der Waals surface area contributed by atoms with Crippen LogP contribution in [0.5, 0.6) is 0 Å². The summed E-state index contributed by atoms with van der Waals surface area (Å²) in [5, 5.41) is 4.23. The first-order valence-corrected chi connectivity index (χ1v) is 4.37. The van der Waals surface area contributed by atoms with E-state index in [1.165, 1.54) is 0 Å². The second-order valence-corrected chi connectivity index (χ2v) is 3.68. The van der Waals surface area contributed by atoms with E-state index in [4.69, 9.17) is 5.73 Å². The molecule has 0 aromatic carbocycles. The highest BCUT2D eigenvalue weighted by Gasteiger charge is 2.13. The Balaban J connectivity index is 3.12. The van der Waals surface area contributed by atoms with Crippen LogP contribution >= 0.6 is 0 Å². The summed E-state index contributed by atoms with van der Waals surface area (Å²) in [4.78, 5) is 0. The highest BCUT2D eigenvalue weighted by molar-refractivity contribution is 5.42. The molecule has 0 radical (unpaired) electrons. The Morgan fingerprint density at radius 2 is 1.92 bits per heavy atom. The van der Waals surface area contributed by atoms with Gasteiger partial charge in [-0.15, -0.1) is 0 Å². The summed E-state index contributed by atoms with van der Waals surface area (Å²) in [5.74, 6) is 0.440. The highest BCUT2D eigenvalue weighted by atomic mass is 15.3. The Labute approximate surface area is 73.6 Å². The van der Waals surface area contributed by atoms with Gasteiger partial charge in [0.25, 0.3) is 0 Å². The average molecular weight is 167 g/mol. The van der Waals surface area contributed by atoms with Gasteiger partial charge in [0.1, 0.15) is 0 Å². The average Bonchev–Trinajstić information content (AvgIpc) is 2.30. The number of anilines is 1. The fourth-order valence-electron chi connectivity index (χ4n) is 1.39. The van der Waals surface area contributed by atoms with Crippen molar-refractivity contribution >= 4 is 5.69 Å². The number of hydrogen-bond acceptors (Lipinski definition) is 2. The predicted molar refractivity (Wildman–Crippen MR) is 51.1 cm³/mol. The standard InChI is InChI=1S/C9H17N3/c1-6(2)9-8(10)5-11-12(9)7(3)4/h5-7H,10H2,1-4H3. The summed E-state index contributed by atoms with van der Waals surface area (Å²) in [6, 6.07) is 0.389. The van der Waals surface area contributed by atoms with Crippen molar-refractivity contribution in [3.8, 4) is 0 Å². The van der Waals surface area contributed by atoms with Crippen LogP contribution in [0.1, 0.15) is 45.3 Å². The van der Waals surface area contributed by atoms with Crippen LogP contribution in [0.15, 0.2) is 6.20 Å². The van der Waals surface area contributed by atoms with Crippen molar-refractivity contribution in [3.63, 3.8) is 0 Å². The van der Waals surface area contributed by atoms with Crippen molar-refractivity contribution in [2.75, 3.05) is 5.73 Å². The molecule has 0 fully saturated rings. The van der Waals surface area contributed by atoms with E-state index in [9.17, 15) is 0 Å². The van der Waals surface area contributed by atoms with E-state index in [1.807, 2.05) is 4.68 Å². The maximum Gasteiger partial charge on any atom is 0.0735 e. The molecule has 68 valence electrons. The molecule has 0 spiro atoms. The van der Waals surface area contributed by atoms with Gasteiger partial charge in [0.05, 0.1) is 17.6 Å². The molecular formula is C9H17N3. The Kier molecular flexibility index (Phi) is 2.40. The summed E-state index contributed by atoms with van der Waals surface area (Å²) < 4.78 is 1.99. The van der Waals surface area contributed by atoms with Gasteiger partial charge >= 0.3 is 0 Å². The fourth-order valence-corrected chi connectivity index (χ4v) is 1.39. The number of rotatable bonds is 2. The van der Waals surface area contributed by atoms with E-state index < -0.39 is 0 Å². The van der Waals surface area contributed by atoms with E-state index in [0.717, 1.165) is 11.4 Å². The molecule has 3 nitrogen and oxygen atoms in total. The fraction of sp³-hybridized carbons (Fsp3) is 0.667. The van der Waals surface area contributed by atoms with Crippen molar-refractivity contribution in [2.24, 2.45) is 0 Å². The summed E-state index contributed by atoms with van der Waals surface area (Å²) in [5.41, 5.74) is 7.74. The molecule has 0 aliphatic carbocycles. The smallest absolute Gasteiger partial charge is 0.0735 e. The third-order valence-electron chi connectivity index (χ3n) is 1.90. The maximum absolute atomic E-state index is 5.80. The molecule has 0 saturated heterocycles. The molecule has 1 heterocycles. The van der Waals surface area contributed by atoms with Gasteiger partial charge < -0.3 is 5.73 Å². The molecule has 2 N–H and O–H groups in total. The zero-order chi connectivity index (χ0) is 9.30. The predicted octanol–water partition coefficient (Wildman–Crippen LogP) is 2.17. The third-order valence-corrected chi connectivity index (χ3v) is 1.90.